The number of rotatable bonds is 5. The number of nitrogens with one attached hydrogen (secondary N) is 1. The Kier molecular flexibility index (Phi) is 5.03. The monoisotopic (exact) mass is 214 g/mol. The zero-order chi connectivity index (χ0) is 11.3. The fourth-order valence-corrected chi connectivity index (χ4v) is 2.13. The summed E-state index contributed by atoms with van der Waals surface area (Å²) in [5.74, 6) is 0.791. The Labute approximate surface area is 93.9 Å². The van der Waals surface area contributed by atoms with Gasteiger partial charge < -0.3 is 15.3 Å². The summed E-state index contributed by atoms with van der Waals surface area (Å²) in [7, 11) is 1.96. The molecule has 1 saturated heterocycles. The minimum atomic E-state index is -0.00562. The van der Waals surface area contributed by atoms with Gasteiger partial charge in [0.2, 0.25) is 0 Å². The molecule has 0 aromatic carbocycles. The van der Waals surface area contributed by atoms with Crippen molar-refractivity contribution < 1.29 is 5.11 Å². The van der Waals surface area contributed by atoms with E-state index >= 15 is 0 Å². The van der Waals surface area contributed by atoms with Crippen molar-refractivity contribution in [1.82, 2.24) is 10.2 Å². The van der Waals surface area contributed by atoms with Gasteiger partial charge in [0, 0.05) is 5.54 Å². The molecule has 3 heteroatoms. The van der Waals surface area contributed by atoms with E-state index in [4.69, 9.17) is 0 Å². The number of hydrogen-bond donors (Lipinski definition) is 2. The molecule has 1 heterocycles. The van der Waals surface area contributed by atoms with Crippen LogP contribution in [0.15, 0.2) is 0 Å². The van der Waals surface area contributed by atoms with Crippen molar-refractivity contribution in [3.63, 3.8) is 0 Å². The van der Waals surface area contributed by atoms with Crippen molar-refractivity contribution in [2.45, 2.75) is 38.6 Å². The van der Waals surface area contributed by atoms with Crippen molar-refractivity contribution in [3.8, 4) is 0 Å². The van der Waals surface area contributed by atoms with Crippen molar-refractivity contribution >= 4 is 0 Å². The number of piperidine rings is 1. The van der Waals surface area contributed by atoms with E-state index in [2.05, 4.69) is 24.1 Å². The Balaban J connectivity index is 2.28. The number of aliphatic hydroxyl groups is 1. The predicted molar refractivity (Wildman–Crippen MR) is 64.0 cm³/mol. The lowest BCUT2D eigenvalue weighted by molar-refractivity contribution is 0.0823. The lowest BCUT2D eigenvalue weighted by Crippen LogP contribution is -2.54. The standard InChI is InChI=1S/C12H26N2O/c1-11(2)4-7-14-8-5-12(10-15,13-3)6-9-14/h11,13,15H,4-10H2,1-3H3. The normalized spacial score (nSPS) is 22.2. The first-order valence-corrected chi connectivity index (χ1v) is 6.14. The minimum absolute atomic E-state index is 0.00562. The maximum Gasteiger partial charge on any atom is 0.0614 e. The highest BCUT2D eigenvalue weighted by Crippen LogP contribution is 2.21. The van der Waals surface area contributed by atoms with E-state index in [1.807, 2.05) is 7.05 Å². The summed E-state index contributed by atoms with van der Waals surface area (Å²) in [5.41, 5.74) is -0.00562. The molecule has 90 valence electrons. The minimum Gasteiger partial charge on any atom is -0.394 e. The third kappa shape index (κ3) is 3.74. The van der Waals surface area contributed by atoms with Gasteiger partial charge in [-0.25, -0.2) is 0 Å². The second-order valence-corrected chi connectivity index (χ2v) is 5.21. The van der Waals surface area contributed by atoms with E-state index in [1.165, 1.54) is 13.0 Å². The van der Waals surface area contributed by atoms with Crippen LogP contribution in [-0.4, -0.2) is 48.8 Å². The van der Waals surface area contributed by atoms with Crippen LogP contribution in [0, 0.1) is 5.92 Å². The Hall–Kier alpha value is -0.120. The molecule has 0 aromatic rings. The lowest BCUT2D eigenvalue weighted by atomic mass is 9.88. The van der Waals surface area contributed by atoms with Crippen molar-refractivity contribution in [2.75, 3.05) is 33.3 Å². The van der Waals surface area contributed by atoms with Crippen LogP contribution in [0.2, 0.25) is 0 Å². The summed E-state index contributed by atoms with van der Waals surface area (Å²) >= 11 is 0. The van der Waals surface area contributed by atoms with E-state index < -0.39 is 0 Å². The average Bonchev–Trinajstić information content (AvgIpc) is 2.27. The van der Waals surface area contributed by atoms with E-state index in [9.17, 15) is 5.11 Å². The molecule has 0 aromatic heterocycles. The van der Waals surface area contributed by atoms with Crippen LogP contribution in [0.1, 0.15) is 33.1 Å². The Morgan fingerprint density at radius 1 is 1.33 bits per heavy atom. The van der Waals surface area contributed by atoms with Gasteiger partial charge >= 0.3 is 0 Å². The third-order valence-electron chi connectivity index (χ3n) is 3.67. The second kappa shape index (κ2) is 5.83. The van der Waals surface area contributed by atoms with Crippen LogP contribution >= 0.6 is 0 Å². The van der Waals surface area contributed by atoms with Gasteiger partial charge in [-0.1, -0.05) is 13.8 Å². The molecule has 0 amide bonds. The molecule has 1 aliphatic heterocycles. The van der Waals surface area contributed by atoms with E-state index in [0.29, 0.717) is 0 Å². The maximum atomic E-state index is 9.36. The number of nitrogens with zero attached hydrogens (tertiary/aromatic N) is 1. The van der Waals surface area contributed by atoms with Crippen molar-refractivity contribution in [3.05, 3.63) is 0 Å². The van der Waals surface area contributed by atoms with Gasteiger partial charge in [-0.2, -0.15) is 0 Å². The molecular formula is C12H26N2O. The van der Waals surface area contributed by atoms with Gasteiger partial charge in [0.25, 0.3) is 0 Å². The average molecular weight is 214 g/mol. The van der Waals surface area contributed by atoms with E-state index in [-0.39, 0.29) is 12.1 Å². The molecule has 15 heavy (non-hydrogen) atoms. The highest BCUT2D eigenvalue weighted by molar-refractivity contribution is 4.91. The molecule has 0 aliphatic carbocycles. The summed E-state index contributed by atoms with van der Waals surface area (Å²) < 4.78 is 0. The van der Waals surface area contributed by atoms with Gasteiger partial charge in [0.1, 0.15) is 0 Å². The summed E-state index contributed by atoms with van der Waals surface area (Å²) in [4.78, 5) is 2.52. The lowest BCUT2D eigenvalue weighted by Gasteiger charge is -2.40. The first kappa shape index (κ1) is 12.9. The zero-order valence-corrected chi connectivity index (χ0v) is 10.4. The third-order valence-corrected chi connectivity index (χ3v) is 3.67. The molecule has 0 radical (unpaired) electrons. The van der Waals surface area contributed by atoms with Crippen LogP contribution in [0.4, 0.5) is 0 Å². The van der Waals surface area contributed by atoms with E-state index in [1.54, 1.807) is 0 Å². The molecular weight excluding hydrogens is 188 g/mol. The largest absolute Gasteiger partial charge is 0.394 e. The van der Waals surface area contributed by atoms with Gasteiger partial charge in [-0.15, -0.1) is 0 Å². The number of likely N-dealkylation sites (N-methyl/N-ethyl adjacent to an activating group) is 1. The van der Waals surface area contributed by atoms with Crippen LogP contribution in [0.5, 0.6) is 0 Å². The Morgan fingerprint density at radius 3 is 2.33 bits per heavy atom. The van der Waals surface area contributed by atoms with Gasteiger partial charge in [0.05, 0.1) is 6.61 Å². The van der Waals surface area contributed by atoms with Crippen LogP contribution in [0.25, 0.3) is 0 Å². The van der Waals surface area contributed by atoms with Crippen LogP contribution in [0.3, 0.4) is 0 Å². The second-order valence-electron chi connectivity index (χ2n) is 5.21. The molecule has 0 spiro atoms. The molecule has 0 bridgehead atoms. The smallest absolute Gasteiger partial charge is 0.0614 e. The molecule has 0 unspecified atom stereocenters. The highest BCUT2D eigenvalue weighted by atomic mass is 16.3. The predicted octanol–water partition coefficient (Wildman–Crippen LogP) is 1.08. The quantitative estimate of drug-likeness (QED) is 0.719. The SMILES string of the molecule is CNC1(CO)CCN(CCC(C)C)CC1. The number of hydrogen-bond acceptors (Lipinski definition) is 3. The molecule has 1 aliphatic rings. The van der Waals surface area contributed by atoms with Crippen molar-refractivity contribution in [2.24, 2.45) is 5.92 Å². The van der Waals surface area contributed by atoms with Gasteiger partial charge in [-0.05, 0) is 51.9 Å². The van der Waals surface area contributed by atoms with Gasteiger partial charge in [-0.3, -0.25) is 0 Å². The Bertz CT molecular complexity index is 168. The molecule has 3 nitrogen and oxygen atoms in total. The maximum absolute atomic E-state index is 9.36. The highest BCUT2D eigenvalue weighted by Gasteiger charge is 2.31. The fourth-order valence-electron chi connectivity index (χ4n) is 2.13. The summed E-state index contributed by atoms with van der Waals surface area (Å²) in [5, 5.41) is 12.6. The zero-order valence-electron chi connectivity index (χ0n) is 10.4. The Morgan fingerprint density at radius 2 is 1.93 bits per heavy atom. The van der Waals surface area contributed by atoms with Crippen molar-refractivity contribution in [1.29, 1.82) is 0 Å². The summed E-state index contributed by atoms with van der Waals surface area (Å²) in [6.45, 7) is 8.26. The number of likely N-dealkylation sites (tertiary alicyclic amines) is 1. The molecule has 0 atom stereocenters. The van der Waals surface area contributed by atoms with E-state index in [0.717, 1.165) is 31.8 Å². The topological polar surface area (TPSA) is 35.5 Å². The van der Waals surface area contributed by atoms with Gasteiger partial charge in [0.15, 0.2) is 0 Å². The molecule has 1 rings (SSSR count). The summed E-state index contributed by atoms with van der Waals surface area (Å²) in [6, 6.07) is 0. The first-order chi connectivity index (χ1) is 7.12. The van der Waals surface area contributed by atoms with Crippen LogP contribution in [-0.2, 0) is 0 Å². The summed E-state index contributed by atoms with van der Waals surface area (Å²) in [6.07, 6.45) is 3.42. The first-order valence-electron chi connectivity index (χ1n) is 6.14. The fraction of sp³-hybridized carbons (Fsp3) is 1.00. The molecule has 1 fully saturated rings. The van der Waals surface area contributed by atoms with Crippen LogP contribution < -0.4 is 5.32 Å². The molecule has 2 N–H and O–H groups in total. The molecule has 0 saturated carbocycles. The number of aliphatic hydroxyl groups excluding tert-OH is 1.